The molecule has 1 saturated heterocycles. The second-order valence-corrected chi connectivity index (χ2v) is 5.00. The van der Waals surface area contributed by atoms with Gasteiger partial charge in [0.15, 0.2) is 0 Å². The number of aromatic nitrogens is 2. The number of methoxy groups -OCH3 is 1. The van der Waals surface area contributed by atoms with E-state index >= 15 is 0 Å². The van der Waals surface area contributed by atoms with E-state index in [9.17, 15) is 0 Å². The van der Waals surface area contributed by atoms with Crippen molar-refractivity contribution < 1.29 is 4.74 Å². The highest BCUT2D eigenvalue weighted by molar-refractivity contribution is 5.15. The molecular formula is C13H24N4O. The minimum atomic E-state index is 0.788. The van der Waals surface area contributed by atoms with Crippen molar-refractivity contribution in [3.8, 4) is 5.88 Å². The average molecular weight is 252 g/mol. The predicted molar refractivity (Wildman–Crippen MR) is 71.7 cm³/mol. The molecule has 1 aliphatic rings. The third-order valence-corrected chi connectivity index (χ3v) is 3.54. The molecule has 1 unspecified atom stereocenters. The zero-order chi connectivity index (χ0) is 13.0. The first-order valence-corrected chi connectivity index (χ1v) is 6.73. The quantitative estimate of drug-likeness (QED) is 0.815. The molecule has 1 aromatic rings. The number of hydrogen-bond donors (Lipinski definition) is 1. The number of likely N-dealkylation sites (tertiary alicyclic amines) is 1. The Bertz CT molecular complexity index is 377. The van der Waals surface area contributed by atoms with Crippen molar-refractivity contribution >= 4 is 0 Å². The molecule has 0 radical (unpaired) electrons. The topological polar surface area (TPSA) is 42.3 Å². The standard InChI is InChI=1S/C13H24N4O/c1-4-14-8-11-5-6-17(9-11)10-12-7-13(18-3)16(2)15-12/h7,11,14H,4-6,8-10H2,1-3H3. The number of hydrogen-bond acceptors (Lipinski definition) is 4. The van der Waals surface area contributed by atoms with Crippen LogP contribution < -0.4 is 10.1 Å². The fraction of sp³-hybridized carbons (Fsp3) is 0.769. The maximum absolute atomic E-state index is 5.24. The zero-order valence-electron chi connectivity index (χ0n) is 11.6. The maximum Gasteiger partial charge on any atom is 0.211 e. The monoisotopic (exact) mass is 252 g/mol. The van der Waals surface area contributed by atoms with Gasteiger partial charge in [-0.2, -0.15) is 5.10 Å². The van der Waals surface area contributed by atoms with Crippen LogP contribution in [0, 0.1) is 5.92 Å². The number of ether oxygens (including phenoxy) is 1. The summed E-state index contributed by atoms with van der Waals surface area (Å²) in [5.41, 5.74) is 1.10. The van der Waals surface area contributed by atoms with Crippen molar-refractivity contribution in [3.05, 3.63) is 11.8 Å². The molecule has 0 saturated carbocycles. The molecule has 0 aliphatic carbocycles. The van der Waals surface area contributed by atoms with Crippen LogP contribution in [0.1, 0.15) is 19.0 Å². The van der Waals surface area contributed by atoms with Gasteiger partial charge in [0.1, 0.15) is 0 Å². The number of aryl methyl sites for hydroxylation is 1. The first-order chi connectivity index (χ1) is 8.72. The van der Waals surface area contributed by atoms with Gasteiger partial charge in [0.05, 0.1) is 12.8 Å². The molecule has 1 atom stereocenters. The summed E-state index contributed by atoms with van der Waals surface area (Å²) in [6.07, 6.45) is 1.29. The molecule has 5 nitrogen and oxygen atoms in total. The molecule has 0 bridgehead atoms. The molecule has 1 fully saturated rings. The molecule has 0 amide bonds. The van der Waals surface area contributed by atoms with Crippen LogP contribution in [0.25, 0.3) is 0 Å². The summed E-state index contributed by atoms with van der Waals surface area (Å²) in [6.45, 7) is 7.64. The Hall–Kier alpha value is -1.07. The van der Waals surface area contributed by atoms with Gasteiger partial charge < -0.3 is 10.1 Å². The van der Waals surface area contributed by atoms with Gasteiger partial charge in [-0.1, -0.05) is 6.92 Å². The van der Waals surface area contributed by atoms with Crippen LogP contribution in [0.2, 0.25) is 0 Å². The van der Waals surface area contributed by atoms with Gasteiger partial charge >= 0.3 is 0 Å². The predicted octanol–water partition coefficient (Wildman–Crippen LogP) is 0.860. The molecule has 2 rings (SSSR count). The van der Waals surface area contributed by atoms with E-state index in [0.29, 0.717) is 0 Å². The van der Waals surface area contributed by atoms with E-state index < -0.39 is 0 Å². The zero-order valence-corrected chi connectivity index (χ0v) is 11.6. The van der Waals surface area contributed by atoms with E-state index in [1.807, 2.05) is 13.1 Å². The van der Waals surface area contributed by atoms with Gasteiger partial charge in [-0.25, -0.2) is 4.68 Å². The van der Waals surface area contributed by atoms with E-state index in [-0.39, 0.29) is 0 Å². The van der Waals surface area contributed by atoms with Crippen LogP contribution >= 0.6 is 0 Å². The minimum Gasteiger partial charge on any atom is -0.481 e. The molecule has 2 heterocycles. The molecule has 1 N–H and O–H groups in total. The molecule has 5 heteroatoms. The van der Waals surface area contributed by atoms with Gasteiger partial charge in [0, 0.05) is 26.2 Å². The number of rotatable bonds is 6. The first-order valence-electron chi connectivity index (χ1n) is 6.73. The average Bonchev–Trinajstić information content (AvgIpc) is 2.94. The lowest BCUT2D eigenvalue weighted by Gasteiger charge is -2.14. The van der Waals surface area contributed by atoms with Crippen LogP contribution in [-0.2, 0) is 13.6 Å². The van der Waals surface area contributed by atoms with Crippen molar-refractivity contribution in [2.24, 2.45) is 13.0 Å². The molecule has 1 aromatic heterocycles. The van der Waals surface area contributed by atoms with E-state index in [4.69, 9.17) is 4.74 Å². The van der Waals surface area contributed by atoms with Crippen molar-refractivity contribution in [1.29, 1.82) is 0 Å². The number of nitrogens with one attached hydrogen (secondary N) is 1. The molecule has 0 aromatic carbocycles. The summed E-state index contributed by atoms with van der Waals surface area (Å²) >= 11 is 0. The van der Waals surface area contributed by atoms with Crippen LogP contribution in [0.3, 0.4) is 0 Å². The SMILES string of the molecule is CCNCC1CCN(Cc2cc(OC)n(C)n2)C1. The van der Waals surface area contributed by atoms with Crippen molar-refractivity contribution in [3.63, 3.8) is 0 Å². The van der Waals surface area contributed by atoms with Gasteiger partial charge in [-0.05, 0) is 32.0 Å². The molecule has 102 valence electrons. The third-order valence-electron chi connectivity index (χ3n) is 3.54. The Balaban J connectivity index is 1.83. The second kappa shape index (κ2) is 6.20. The Morgan fingerprint density at radius 1 is 1.56 bits per heavy atom. The Labute approximate surface area is 109 Å². The van der Waals surface area contributed by atoms with Gasteiger partial charge in [-0.15, -0.1) is 0 Å². The van der Waals surface area contributed by atoms with Crippen LogP contribution in [0.15, 0.2) is 6.07 Å². The van der Waals surface area contributed by atoms with Gasteiger partial charge in [-0.3, -0.25) is 4.90 Å². The maximum atomic E-state index is 5.24. The summed E-state index contributed by atoms with van der Waals surface area (Å²) in [5.74, 6) is 1.61. The van der Waals surface area contributed by atoms with Crippen LogP contribution in [-0.4, -0.2) is 48.0 Å². The lowest BCUT2D eigenvalue weighted by atomic mass is 10.1. The van der Waals surface area contributed by atoms with Crippen LogP contribution in [0.5, 0.6) is 5.88 Å². The third kappa shape index (κ3) is 3.23. The molecule has 0 spiro atoms. The van der Waals surface area contributed by atoms with Crippen LogP contribution in [0.4, 0.5) is 0 Å². The highest BCUT2D eigenvalue weighted by atomic mass is 16.5. The lowest BCUT2D eigenvalue weighted by Crippen LogP contribution is -2.26. The summed E-state index contributed by atoms with van der Waals surface area (Å²) in [5, 5.41) is 7.90. The Morgan fingerprint density at radius 2 is 2.39 bits per heavy atom. The summed E-state index contributed by atoms with van der Waals surface area (Å²) in [7, 11) is 3.60. The first kappa shape index (κ1) is 13.4. The van der Waals surface area contributed by atoms with Crippen molar-refractivity contribution in [1.82, 2.24) is 20.0 Å². The van der Waals surface area contributed by atoms with Crippen molar-refractivity contribution in [2.45, 2.75) is 19.9 Å². The highest BCUT2D eigenvalue weighted by Gasteiger charge is 2.22. The fourth-order valence-electron chi connectivity index (χ4n) is 2.58. The molecule has 1 aliphatic heterocycles. The highest BCUT2D eigenvalue weighted by Crippen LogP contribution is 2.19. The summed E-state index contributed by atoms with van der Waals surface area (Å²) < 4.78 is 7.03. The Morgan fingerprint density at radius 3 is 3.06 bits per heavy atom. The Kier molecular flexibility index (Phi) is 4.60. The fourth-order valence-corrected chi connectivity index (χ4v) is 2.58. The lowest BCUT2D eigenvalue weighted by molar-refractivity contribution is 0.310. The smallest absolute Gasteiger partial charge is 0.211 e. The second-order valence-electron chi connectivity index (χ2n) is 5.00. The van der Waals surface area contributed by atoms with Gasteiger partial charge in [0.2, 0.25) is 5.88 Å². The summed E-state index contributed by atoms with van der Waals surface area (Å²) in [6, 6.07) is 2.03. The van der Waals surface area contributed by atoms with E-state index in [2.05, 4.69) is 22.2 Å². The summed E-state index contributed by atoms with van der Waals surface area (Å²) in [4.78, 5) is 2.48. The minimum absolute atomic E-state index is 0.788. The molecule has 18 heavy (non-hydrogen) atoms. The number of nitrogens with zero attached hydrogens (tertiary/aromatic N) is 3. The molecular weight excluding hydrogens is 228 g/mol. The van der Waals surface area contributed by atoms with Crippen molar-refractivity contribution in [2.75, 3.05) is 33.3 Å². The normalized spacial score (nSPS) is 20.5. The van der Waals surface area contributed by atoms with E-state index in [0.717, 1.165) is 37.1 Å². The van der Waals surface area contributed by atoms with E-state index in [1.165, 1.54) is 19.5 Å². The van der Waals surface area contributed by atoms with E-state index in [1.54, 1.807) is 11.8 Å². The van der Waals surface area contributed by atoms with Gasteiger partial charge in [0.25, 0.3) is 0 Å². The largest absolute Gasteiger partial charge is 0.481 e.